The molecule has 0 spiro atoms. The molecule has 1 amide bonds. The molecule has 1 aliphatic carbocycles. The molecule has 0 aromatic heterocycles. The molecule has 144 valence electrons. The van der Waals surface area contributed by atoms with Crippen molar-refractivity contribution in [3.63, 3.8) is 0 Å². The van der Waals surface area contributed by atoms with E-state index in [1.807, 2.05) is 7.11 Å². The third kappa shape index (κ3) is 5.18. The van der Waals surface area contributed by atoms with E-state index < -0.39 is 0 Å². The van der Waals surface area contributed by atoms with Gasteiger partial charge in [0.2, 0.25) is 5.91 Å². The molecule has 0 unspecified atom stereocenters. The van der Waals surface area contributed by atoms with Crippen LogP contribution >= 0.6 is 0 Å². The topological polar surface area (TPSA) is 53.6 Å². The lowest BCUT2D eigenvalue weighted by atomic mass is 9.91. The summed E-state index contributed by atoms with van der Waals surface area (Å²) < 4.78 is 5.52. The first-order valence-electron chi connectivity index (χ1n) is 10.5. The second-order valence-corrected chi connectivity index (χ2v) is 8.36. The van der Waals surface area contributed by atoms with Gasteiger partial charge in [0.15, 0.2) is 0 Å². The van der Waals surface area contributed by atoms with Crippen LogP contribution < -0.4 is 10.6 Å². The molecule has 1 saturated carbocycles. The van der Waals surface area contributed by atoms with E-state index in [9.17, 15) is 4.79 Å². The number of carbonyl (C=O) groups excluding carboxylic acids is 1. The Bertz CT molecular complexity index is 409. The highest BCUT2D eigenvalue weighted by molar-refractivity contribution is 5.75. The van der Waals surface area contributed by atoms with Gasteiger partial charge in [0.25, 0.3) is 0 Å². The van der Waals surface area contributed by atoms with Crippen LogP contribution in [0.3, 0.4) is 0 Å². The molecule has 2 N–H and O–H groups in total. The Kier molecular flexibility index (Phi) is 7.14. The van der Waals surface area contributed by atoms with E-state index in [0.29, 0.717) is 12.5 Å². The van der Waals surface area contributed by atoms with Crippen molar-refractivity contribution in [2.24, 2.45) is 5.92 Å². The Labute approximate surface area is 153 Å². The van der Waals surface area contributed by atoms with E-state index in [1.165, 1.54) is 38.5 Å². The summed E-state index contributed by atoms with van der Waals surface area (Å²) in [6.45, 7) is 5.31. The molecule has 25 heavy (non-hydrogen) atoms. The van der Waals surface area contributed by atoms with Gasteiger partial charge in [-0.3, -0.25) is 9.69 Å². The predicted octanol–water partition coefficient (Wildman–Crippen LogP) is 2.31. The normalized spacial score (nSPS) is 26.0. The summed E-state index contributed by atoms with van der Waals surface area (Å²) in [5, 5.41) is 6.70. The summed E-state index contributed by atoms with van der Waals surface area (Å²) in [6, 6.07) is 0. The minimum Gasteiger partial charge on any atom is -0.381 e. The number of nitrogens with zero attached hydrogens (tertiary/aromatic N) is 1. The van der Waals surface area contributed by atoms with E-state index in [4.69, 9.17) is 4.74 Å². The molecule has 0 aromatic rings. The van der Waals surface area contributed by atoms with Crippen LogP contribution in [0.25, 0.3) is 0 Å². The zero-order valence-electron chi connectivity index (χ0n) is 16.0. The fourth-order valence-electron chi connectivity index (χ4n) is 5.06. The number of rotatable bonds is 7. The first-order valence-corrected chi connectivity index (χ1v) is 10.5. The predicted molar refractivity (Wildman–Crippen MR) is 101 cm³/mol. The van der Waals surface area contributed by atoms with Crippen molar-refractivity contribution in [2.45, 2.75) is 75.9 Å². The van der Waals surface area contributed by atoms with Crippen LogP contribution in [0, 0.1) is 5.92 Å². The average Bonchev–Trinajstić information content (AvgIpc) is 3.16. The number of piperidine rings is 2. The molecule has 3 aliphatic rings. The van der Waals surface area contributed by atoms with E-state index in [-0.39, 0.29) is 11.4 Å². The summed E-state index contributed by atoms with van der Waals surface area (Å²) in [7, 11) is 1.83. The first kappa shape index (κ1) is 19.1. The minimum atomic E-state index is 0.211. The Morgan fingerprint density at radius 3 is 2.48 bits per heavy atom. The second-order valence-electron chi connectivity index (χ2n) is 8.36. The van der Waals surface area contributed by atoms with Gasteiger partial charge in [0.1, 0.15) is 0 Å². The van der Waals surface area contributed by atoms with Gasteiger partial charge in [-0.2, -0.15) is 0 Å². The molecule has 5 nitrogen and oxygen atoms in total. The number of hydrogen-bond donors (Lipinski definition) is 2. The molecular weight excluding hydrogens is 314 g/mol. The molecule has 5 heteroatoms. The van der Waals surface area contributed by atoms with Crippen LogP contribution in [0.1, 0.15) is 64.2 Å². The number of likely N-dealkylation sites (tertiary alicyclic amines) is 1. The quantitative estimate of drug-likeness (QED) is 0.739. The van der Waals surface area contributed by atoms with Crippen LogP contribution in [0.2, 0.25) is 0 Å². The molecular formula is C20H37N3O2. The second kappa shape index (κ2) is 9.33. The molecule has 3 fully saturated rings. The van der Waals surface area contributed by atoms with Crippen molar-refractivity contribution >= 4 is 5.91 Å². The van der Waals surface area contributed by atoms with Gasteiger partial charge >= 0.3 is 0 Å². The Balaban J connectivity index is 1.44. The SMILES string of the molecule is COC1CCN(C2(CNC(=O)CCC3CCNCC3)CCCC2)CC1. The van der Waals surface area contributed by atoms with Gasteiger partial charge in [-0.15, -0.1) is 0 Å². The maximum absolute atomic E-state index is 12.4. The molecule has 0 radical (unpaired) electrons. The lowest BCUT2D eigenvalue weighted by molar-refractivity contribution is -0.122. The zero-order valence-corrected chi connectivity index (χ0v) is 16.0. The van der Waals surface area contributed by atoms with E-state index in [0.717, 1.165) is 57.9 Å². The van der Waals surface area contributed by atoms with Crippen molar-refractivity contribution in [3.8, 4) is 0 Å². The summed E-state index contributed by atoms with van der Waals surface area (Å²) in [5.74, 6) is 0.997. The molecule has 0 aromatic carbocycles. The van der Waals surface area contributed by atoms with Crippen molar-refractivity contribution in [1.82, 2.24) is 15.5 Å². The molecule has 3 rings (SSSR count). The average molecular weight is 352 g/mol. The maximum atomic E-state index is 12.4. The fraction of sp³-hybridized carbons (Fsp3) is 0.950. The largest absolute Gasteiger partial charge is 0.381 e. The highest BCUT2D eigenvalue weighted by Gasteiger charge is 2.41. The fourth-order valence-corrected chi connectivity index (χ4v) is 5.06. The first-order chi connectivity index (χ1) is 12.2. The standard InChI is InChI=1S/C20H37N3O2/c1-25-18-8-14-23(15-9-18)20(10-2-3-11-20)16-22-19(24)5-4-17-6-12-21-13-7-17/h17-18,21H,2-16H2,1H3,(H,22,24). The van der Waals surface area contributed by atoms with E-state index >= 15 is 0 Å². The van der Waals surface area contributed by atoms with Crippen molar-refractivity contribution in [1.29, 1.82) is 0 Å². The molecule has 2 aliphatic heterocycles. The third-order valence-corrected chi connectivity index (χ3v) is 6.83. The number of methoxy groups -OCH3 is 1. The lowest BCUT2D eigenvalue weighted by Gasteiger charge is -2.45. The molecule has 0 atom stereocenters. The number of hydrogen-bond acceptors (Lipinski definition) is 4. The maximum Gasteiger partial charge on any atom is 0.220 e. The monoisotopic (exact) mass is 351 g/mol. The summed E-state index contributed by atoms with van der Waals surface area (Å²) in [6.07, 6.45) is 12.0. The van der Waals surface area contributed by atoms with Gasteiger partial charge in [0.05, 0.1) is 6.10 Å². The van der Waals surface area contributed by atoms with Crippen molar-refractivity contribution < 1.29 is 9.53 Å². The van der Waals surface area contributed by atoms with Crippen LogP contribution in [-0.4, -0.2) is 62.3 Å². The number of carbonyl (C=O) groups is 1. The number of ether oxygens (including phenoxy) is 1. The van der Waals surface area contributed by atoms with Gasteiger partial charge in [0, 0.05) is 38.7 Å². The Hall–Kier alpha value is -0.650. The van der Waals surface area contributed by atoms with Crippen LogP contribution in [0.5, 0.6) is 0 Å². The number of amides is 1. The van der Waals surface area contributed by atoms with Crippen molar-refractivity contribution in [2.75, 3.05) is 39.8 Å². The van der Waals surface area contributed by atoms with E-state index in [1.54, 1.807) is 0 Å². The minimum absolute atomic E-state index is 0.211. The molecule has 2 heterocycles. The highest BCUT2D eigenvalue weighted by atomic mass is 16.5. The van der Waals surface area contributed by atoms with Crippen LogP contribution in [0.15, 0.2) is 0 Å². The van der Waals surface area contributed by atoms with Crippen LogP contribution in [0.4, 0.5) is 0 Å². The van der Waals surface area contributed by atoms with Gasteiger partial charge in [-0.25, -0.2) is 0 Å². The number of nitrogens with one attached hydrogen (secondary N) is 2. The Morgan fingerprint density at radius 1 is 1.16 bits per heavy atom. The van der Waals surface area contributed by atoms with Gasteiger partial charge < -0.3 is 15.4 Å². The highest BCUT2D eigenvalue weighted by Crippen LogP contribution is 2.36. The summed E-state index contributed by atoms with van der Waals surface area (Å²) in [5.41, 5.74) is 0.211. The zero-order chi connectivity index (χ0) is 17.5. The van der Waals surface area contributed by atoms with Gasteiger partial charge in [-0.05, 0) is 64.0 Å². The smallest absolute Gasteiger partial charge is 0.220 e. The lowest BCUT2D eigenvalue weighted by Crippen LogP contribution is -2.57. The molecule has 0 bridgehead atoms. The van der Waals surface area contributed by atoms with Crippen LogP contribution in [-0.2, 0) is 9.53 Å². The summed E-state index contributed by atoms with van der Waals surface area (Å²) in [4.78, 5) is 15.1. The Morgan fingerprint density at radius 2 is 1.84 bits per heavy atom. The van der Waals surface area contributed by atoms with Crippen molar-refractivity contribution in [3.05, 3.63) is 0 Å². The van der Waals surface area contributed by atoms with E-state index in [2.05, 4.69) is 15.5 Å². The summed E-state index contributed by atoms with van der Waals surface area (Å²) >= 11 is 0. The van der Waals surface area contributed by atoms with Gasteiger partial charge in [-0.1, -0.05) is 12.8 Å². The third-order valence-electron chi connectivity index (χ3n) is 6.83. The molecule has 2 saturated heterocycles.